The van der Waals surface area contributed by atoms with Crippen LogP contribution in [0.4, 0.5) is 8.78 Å². The Bertz CT molecular complexity index is 604. The van der Waals surface area contributed by atoms with Crippen molar-refractivity contribution in [3.8, 4) is 0 Å². The molecule has 0 aromatic carbocycles. The van der Waals surface area contributed by atoms with Gasteiger partial charge in [-0.15, -0.1) is 0 Å². The summed E-state index contributed by atoms with van der Waals surface area (Å²) in [6.07, 6.45) is 5.15. The summed E-state index contributed by atoms with van der Waals surface area (Å²) < 4.78 is 44.3. The average molecular weight is 612 g/mol. The molecule has 0 aliphatic carbocycles. The minimum Gasteiger partial charge on any atom is -0.410 e. The van der Waals surface area contributed by atoms with E-state index < -0.39 is 23.6 Å². The lowest BCUT2D eigenvalue weighted by molar-refractivity contribution is 0.284. The fourth-order valence-corrected chi connectivity index (χ4v) is 3.44. The average Bonchev–Trinajstić information content (AvgIpc) is 2.72. The van der Waals surface area contributed by atoms with Crippen molar-refractivity contribution in [1.29, 1.82) is 1.28 Å². The molecule has 36 heavy (non-hydrogen) atoms. The van der Waals surface area contributed by atoms with Crippen molar-refractivity contribution in [3.63, 3.8) is 0 Å². The molecular formula is C25H57F2O4P2SSi2+. The van der Waals surface area contributed by atoms with E-state index in [0.717, 1.165) is 12.8 Å². The number of aliphatic hydroxyl groups excluding tert-OH is 2. The maximum atomic E-state index is 13.3. The first kappa shape index (κ1) is 41.1. The van der Waals surface area contributed by atoms with Crippen LogP contribution in [-0.4, -0.2) is 54.6 Å². The number of halogens is 2. The third kappa shape index (κ3) is 26.2. The number of rotatable bonds is 10. The molecule has 0 rings (SSSR count). The zero-order chi connectivity index (χ0) is 30.5. The van der Waals surface area contributed by atoms with Crippen LogP contribution in [0.2, 0.25) is 36.3 Å². The maximum Gasteiger partial charge on any atom is 0.355 e. The lowest BCUT2D eigenvalue weighted by Gasteiger charge is -2.35. The van der Waals surface area contributed by atoms with E-state index in [4.69, 9.17) is 20.3 Å². The van der Waals surface area contributed by atoms with Crippen LogP contribution < -0.4 is 0 Å². The number of hydrogen-bond acceptors (Lipinski definition) is 5. The minimum atomic E-state index is -1.85. The number of allylic oxidation sites excluding steroid dienone is 1. The normalized spacial score (nSPS) is 13.8. The molecule has 2 unspecified atom stereocenters. The molecular weight excluding hydrogens is 552 g/mol. The summed E-state index contributed by atoms with van der Waals surface area (Å²) in [4.78, 5) is 0. The van der Waals surface area contributed by atoms with Crippen molar-refractivity contribution in [3.05, 3.63) is 23.8 Å². The zero-order valence-corrected chi connectivity index (χ0v) is 29.9. The van der Waals surface area contributed by atoms with Crippen molar-refractivity contribution < 1.29 is 27.8 Å². The molecule has 0 aliphatic rings. The van der Waals surface area contributed by atoms with Crippen LogP contribution in [0, 0.1) is 0 Å². The molecule has 0 aliphatic heterocycles. The van der Waals surface area contributed by atoms with Gasteiger partial charge in [-0.3, -0.25) is 0 Å². The molecule has 4 nitrogen and oxygen atoms in total. The first-order chi connectivity index (χ1) is 16.6. The Labute approximate surface area is 234 Å². The van der Waals surface area contributed by atoms with Crippen molar-refractivity contribution >= 4 is 44.4 Å². The highest BCUT2D eigenvalue weighted by Crippen LogP contribution is 2.37. The smallest absolute Gasteiger partial charge is 0.355 e. The predicted octanol–water partition coefficient (Wildman–Crippen LogP) is 8.82. The fraction of sp³-hybridized carbons (Fsp3) is 0.840. The molecule has 0 spiro atoms. The van der Waals surface area contributed by atoms with Crippen LogP contribution >= 0.6 is 15.9 Å². The Morgan fingerprint density at radius 1 is 0.889 bits per heavy atom. The van der Waals surface area contributed by atoms with Gasteiger partial charge in [-0.05, 0) is 62.1 Å². The van der Waals surface area contributed by atoms with Gasteiger partial charge in [-0.1, -0.05) is 61.0 Å². The van der Waals surface area contributed by atoms with Crippen LogP contribution in [0.3, 0.4) is 0 Å². The molecule has 0 radical (unpaired) electrons. The van der Waals surface area contributed by atoms with E-state index in [9.17, 15) is 8.78 Å². The van der Waals surface area contributed by atoms with E-state index in [2.05, 4.69) is 88.5 Å². The van der Waals surface area contributed by atoms with Gasteiger partial charge in [0, 0.05) is 13.2 Å². The van der Waals surface area contributed by atoms with Crippen molar-refractivity contribution in [2.24, 2.45) is 0 Å². The lowest BCUT2D eigenvalue weighted by Crippen LogP contribution is -2.41. The number of hydrogen-bond donors (Lipinski definition) is 2. The minimum absolute atomic E-state index is 0.0203. The molecule has 0 amide bonds. The highest BCUT2D eigenvalue weighted by atomic mass is 32.6. The third-order valence-corrected chi connectivity index (χ3v) is 14.9. The van der Waals surface area contributed by atoms with Crippen LogP contribution in [0.5, 0.6) is 0 Å². The summed E-state index contributed by atoms with van der Waals surface area (Å²) in [6, 6.07) is 0. The van der Waals surface area contributed by atoms with Gasteiger partial charge in [-0.2, -0.15) is 0 Å². The van der Waals surface area contributed by atoms with E-state index in [0.29, 0.717) is 6.42 Å². The molecule has 218 valence electrons. The van der Waals surface area contributed by atoms with Gasteiger partial charge < -0.3 is 19.1 Å². The molecule has 2 N–H and O–H groups in total. The van der Waals surface area contributed by atoms with Gasteiger partial charge in [0.05, 0.1) is 22.1 Å². The molecule has 0 heterocycles. The second-order valence-electron chi connectivity index (χ2n) is 11.1. The Morgan fingerprint density at radius 3 is 1.39 bits per heavy atom. The van der Waals surface area contributed by atoms with E-state index in [-0.39, 0.29) is 48.2 Å². The number of aliphatic hydroxyl groups is 2. The van der Waals surface area contributed by atoms with Crippen LogP contribution in [0.15, 0.2) is 23.8 Å². The van der Waals surface area contributed by atoms with Gasteiger partial charge in [0.15, 0.2) is 35.4 Å². The fourth-order valence-electron chi connectivity index (χ4n) is 1.57. The Morgan fingerprint density at radius 2 is 1.17 bits per heavy atom. The maximum absolute atomic E-state index is 13.3. The van der Waals surface area contributed by atoms with Crippen molar-refractivity contribution in [2.75, 3.05) is 26.4 Å². The predicted molar refractivity (Wildman–Crippen MR) is 169 cm³/mol. The molecule has 11 heteroatoms. The Hall–Kier alpha value is 0.564. The van der Waals surface area contributed by atoms with Gasteiger partial charge in [0.2, 0.25) is 0 Å². The summed E-state index contributed by atoms with van der Waals surface area (Å²) in [6.45, 7) is 24.6. The summed E-state index contributed by atoms with van der Waals surface area (Å²) in [5.41, 5.74) is 0. The van der Waals surface area contributed by atoms with Gasteiger partial charge in [0.1, 0.15) is 11.7 Å². The molecule has 0 bridgehead atoms. The molecule has 0 aromatic heterocycles. The van der Waals surface area contributed by atoms with Gasteiger partial charge in [0.25, 0.3) is 0 Å². The van der Waals surface area contributed by atoms with E-state index in [1.165, 1.54) is 6.08 Å². The second-order valence-corrected chi connectivity index (χ2v) is 23.5. The Kier molecular flexibility index (Phi) is 26.7. The Balaban J connectivity index is -0.000000235. The zero-order valence-electron chi connectivity index (χ0n) is 26.0. The summed E-state index contributed by atoms with van der Waals surface area (Å²) >= 11 is 4.31. The first-order valence-corrected chi connectivity index (χ1v) is 21.8. The molecule has 0 saturated heterocycles. The molecule has 0 saturated carbocycles. The topological polar surface area (TPSA) is 58.9 Å². The monoisotopic (exact) mass is 611 g/mol. The van der Waals surface area contributed by atoms with Crippen molar-refractivity contribution in [2.45, 2.75) is 111 Å². The molecule has 0 fully saturated rings. The lowest BCUT2D eigenvalue weighted by atomic mass is 10.2. The number of unbranched alkanes of at least 4 members (excludes halogenated alkanes) is 1. The van der Waals surface area contributed by atoms with E-state index >= 15 is 0 Å². The van der Waals surface area contributed by atoms with Crippen LogP contribution in [0.1, 0.15) is 74.7 Å². The van der Waals surface area contributed by atoms with Crippen LogP contribution in [-0.2, 0) is 20.7 Å². The summed E-state index contributed by atoms with van der Waals surface area (Å²) in [5.74, 6) is -0.407. The molecule has 2 atom stereocenters. The first-order valence-electron chi connectivity index (χ1n) is 12.9. The highest BCUT2D eigenvalue weighted by molar-refractivity contribution is 8.24. The standard InChI is InChI=1S/C12H25FOSi.C11H23FO2Si.C2H6O.H2P2S/c1-7-8-9-11(13)10-14-15(5,6)12(2,3)4;1-11(2,3)15(4,5)14-9-10(12)7-6-8-13;2*1-2-3/h9H,7-8,10H2,1-6H3;7,13H,6,8-9H2,1-5H3;3H,2H2,1H3;1H2/p+1/b11-9+;10-7+;;/i/hT. The summed E-state index contributed by atoms with van der Waals surface area (Å²) in [5, 5.41) is 16.4. The van der Waals surface area contributed by atoms with Crippen molar-refractivity contribution in [1.82, 2.24) is 0 Å². The van der Waals surface area contributed by atoms with Gasteiger partial charge >= 0.3 is 1.28 Å². The highest BCUT2D eigenvalue weighted by Gasteiger charge is 2.38. The largest absolute Gasteiger partial charge is 0.410 e. The van der Waals surface area contributed by atoms with Crippen LogP contribution in [0.25, 0.3) is 0 Å². The second kappa shape index (κ2) is 23.5. The summed E-state index contributed by atoms with van der Waals surface area (Å²) in [7, 11) is -1.43. The quantitative estimate of drug-likeness (QED) is 0.191. The van der Waals surface area contributed by atoms with E-state index in [1.807, 2.05) is 6.92 Å². The SMILES string of the molecule is CC(C)(C)[Si](C)(C)OC/C(F)=C\CCO.CCC/C=C(/F)CO[Si](C)(C)C(C)(C)C.CCO.[3H][P+](P)=S. The van der Waals surface area contributed by atoms with E-state index in [1.54, 1.807) is 13.0 Å². The van der Waals surface area contributed by atoms with Gasteiger partial charge in [-0.25, -0.2) is 8.78 Å². The molecule has 0 aromatic rings. The third-order valence-electron chi connectivity index (χ3n) is 5.90.